The number of nitrogens with zero attached hydrogens (tertiary/aromatic N) is 1. The standard InChI is InChI=1S/C27H20Br2Cl2N2O4S/c1-3-15-6-4-5-7-20(15)33-26(35)17(25(34)32-27(33)38)11-16-12-21(36-2)24(23(29)22(16)28)37-13-14-8-9-18(30)19(31)10-14/h4-12H,3,13H2,1-2H3,(H,32,34,38)/b17-11+. The Morgan fingerprint density at radius 1 is 1.05 bits per heavy atom. The molecule has 3 aromatic carbocycles. The lowest BCUT2D eigenvalue weighted by molar-refractivity contribution is -0.122. The molecule has 3 aromatic rings. The summed E-state index contributed by atoms with van der Waals surface area (Å²) in [4.78, 5) is 27.8. The van der Waals surface area contributed by atoms with Gasteiger partial charge in [-0.15, -0.1) is 0 Å². The van der Waals surface area contributed by atoms with Gasteiger partial charge in [-0.3, -0.25) is 19.8 Å². The number of carbonyl (C=O) groups is 2. The molecule has 196 valence electrons. The van der Waals surface area contributed by atoms with Crippen LogP contribution in [0.5, 0.6) is 11.5 Å². The highest BCUT2D eigenvalue weighted by Crippen LogP contribution is 2.44. The van der Waals surface area contributed by atoms with Crippen LogP contribution in [0.3, 0.4) is 0 Å². The van der Waals surface area contributed by atoms with Crippen molar-refractivity contribution in [1.29, 1.82) is 0 Å². The van der Waals surface area contributed by atoms with E-state index >= 15 is 0 Å². The maximum absolute atomic E-state index is 13.6. The van der Waals surface area contributed by atoms with Gasteiger partial charge >= 0.3 is 0 Å². The summed E-state index contributed by atoms with van der Waals surface area (Å²) in [7, 11) is 1.50. The summed E-state index contributed by atoms with van der Waals surface area (Å²) < 4.78 is 12.7. The lowest BCUT2D eigenvalue weighted by Gasteiger charge is -2.30. The Bertz CT molecular complexity index is 1500. The van der Waals surface area contributed by atoms with Crippen LogP contribution in [0.1, 0.15) is 23.6 Å². The molecule has 0 spiro atoms. The average Bonchev–Trinajstić information content (AvgIpc) is 2.90. The van der Waals surface area contributed by atoms with E-state index in [0.717, 1.165) is 11.1 Å². The van der Waals surface area contributed by atoms with Gasteiger partial charge in [-0.2, -0.15) is 0 Å². The molecule has 0 bridgehead atoms. The Kier molecular flexibility index (Phi) is 9.15. The van der Waals surface area contributed by atoms with E-state index in [1.807, 2.05) is 31.2 Å². The Labute approximate surface area is 252 Å². The average molecular weight is 699 g/mol. The van der Waals surface area contributed by atoms with E-state index in [1.165, 1.54) is 18.1 Å². The molecule has 1 aliphatic rings. The molecule has 11 heteroatoms. The van der Waals surface area contributed by atoms with E-state index in [9.17, 15) is 9.59 Å². The van der Waals surface area contributed by atoms with E-state index < -0.39 is 11.8 Å². The number of amides is 2. The van der Waals surface area contributed by atoms with Gasteiger partial charge in [-0.05, 0) is 97.5 Å². The number of hydrogen-bond donors (Lipinski definition) is 1. The number of hydrogen-bond acceptors (Lipinski definition) is 5. The van der Waals surface area contributed by atoms with Gasteiger partial charge in [0.25, 0.3) is 11.8 Å². The van der Waals surface area contributed by atoms with Crippen molar-refractivity contribution < 1.29 is 19.1 Å². The van der Waals surface area contributed by atoms with Crippen molar-refractivity contribution in [2.75, 3.05) is 12.0 Å². The molecule has 6 nitrogen and oxygen atoms in total. The second-order valence-corrected chi connectivity index (χ2v) is 10.9. The molecule has 0 aliphatic carbocycles. The molecule has 1 heterocycles. The summed E-state index contributed by atoms with van der Waals surface area (Å²) in [5, 5.41) is 3.53. The predicted molar refractivity (Wildman–Crippen MR) is 161 cm³/mol. The second kappa shape index (κ2) is 12.2. The zero-order valence-corrected chi connectivity index (χ0v) is 25.6. The molecule has 38 heavy (non-hydrogen) atoms. The third-order valence-electron chi connectivity index (χ3n) is 5.76. The van der Waals surface area contributed by atoms with Crippen molar-refractivity contribution >= 4 is 96.0 Å². The fourth-order valence-electron chi connectivity index (χ4n) is 3.84. The second-order valence-electron chi connectivity index (χ2n) is 8.10. The van der Waals surface area contributed by atoms with Gasteiger partial charge in [0.15, 0.2) is 16.6 Å². The van der Waals surface area contributed by atoms with Crippen LogP contribution >= 0.6 is 67.3 Å². The summed E-state index contributed by atoms with van der Waals surface area (Å²) in [6.07, 6.45) is 2.18. The van der Waals surface area contributed by atoms with Gasteiger partial charge < -0.3 is 9.47 Å². The molecular formula is C27H20Br2Cl2N2O4S. The van der Waals surface area contributed by atoms with Crippen LogP contribution in [0.4, 0.5) is 5.69 Å². The number of ether oxygens (including phenoxy) is 2. The highest BCUT2D eigenvalue weighted by atomic mass is 79.9. The molecule has 1 N–H and O–H groups in total. The van der Waals surface area contributed by atoms with Gasteiger partial charge in [0.1, 0.15) is 12.2 Å². The zero-order chi connectivity index (χ0) is 27.6. The lowest BCUT2D eigenvalue weighted by atomic mass is 10.0. The van der Waals surface area contributed by atoms with Crippen LogP contribution in [0.15, 0.2) is 63.0 Å². The first-order valence-electron chi connectivity index (χ1n) is 11.3. The summed E-state index contributed by atoms with van der Waals surface area (Å²) in [5.74, 6) is -0.306. The fraction of sp³-hybridized carbons (Fsp3) is 0.148. The molecule has 2 amide bonds. The van der Waals surface area contributed by atoms with E-state index in [-0.39, 0.29) is 17.3 Å². The van der Waals surface area contributed by atoms with Crippen LogP contribution in [0, 0.1) is 0 Å². The Hall–Kier alpha value is -2.43. The van der Waals surface area contributed by atoms with Crippen LogP contribution in [0.25, 0.3) is 6.08 Å². The molecule has 1 saturated heterocycles. The number of nitrogens with one attached hydrogen (secondary N) is 1. The minimum Gasteiger partial charge on any atom is -0.493 e. The monoisotopic (exact) mass is 696 g/mol. The third-order valence-corrected chi connectivity index (χ3v) is 8.92. The number of para-hydroxylation sites is 1. The summed E-state index contributed by atoms with van der Waals surface area (Å²) in [5.41, 5.74) is 2.80. The van der Waals surface area contributed by atoms with E-state index in [0.29, 0.717) is 48.2 Å². The first-order chi connectivity index (χ1) is 18.2. The van der Waals surface area contributed by atoms with Crippen molar-refractivity contribution in [3.05, 3.63) is 89.8 Å². The van der Waals surface area contributed by atoms with E-state index in [4.69, 9.17) is 44.9 Å². The number of halogens is 4. The molecule has 0 unspecified atom stereocenters. The highest BCUT2D eigenvalue weighted by Gasteiger charge is 2.35. The smallest absolute Gasteiger partial charge is 0.270 e. The summed E-state index contributed by atoms with van der Waals surface area (Å²) in [6.45, 7) is 2.18. The summed E-state index contributed by atoms with van der Waals surface area (Å²) >= 11 is 24.6. The lowest BCUT2D eigenvalue weighted by Crippen LogP contribution is -2.54. The van der Waals surface area contributed by atoms with Gasteiger partial charge in [-0.25, -0.2) is 0 Å². The number of thiocarbonyl (C=S) groups is 1. The first kappa shape index (κ1) is 28.6. The zero-order valence-electron chi connectivity index (χ0n) is 20.1. The molecule has 0 radical (unpaired) electrons. The quantitative estimate of drug-likeness (QED) is 0.157. The van der Waals surface area contributed by atoms with Crippen LogP contribution in [0.2, 0.25) is 10.0 Å². The Morgan fingerprint density at radius 2 is 1.79 bits per heavy atom. The molecule has 0 saturated carbocycles. The number of carbonyl (C=O) groups excluding carboxylic acids is 2. The molecule has 0 aromatic heterocycles. The fourth-order valence-corrected chi connectivity index (χ4v) is 5.38. The van der Waals surface area contributed by atoms with Crippen LogP contribution < -0.4 is 19.7 Å². The molecular weight excluding hydrogens is 679 g/mol. The minimum absolute atomic E-state index is 0.0296. The maximum atomic E-state index is 13.6. The van der Waals surface area contributed by atoms with Gasteiger partial charge in [0, 0.05) is 4.47 Å². The van der Waals surface area contributed by atoms with Crippen molar-refractivity contribution in [1.82, 2.24) is 5.32 Å². The number of benzene rings is 3. The maximum Gasteiger partial charge on any atom is 0.270 e. The van der Waals surface area contributed by atoms with Gasteiger partial charge in [0.05, 0.1) is 27.3 Å². The predicted octanol–water partition coefficient (Wildman–Crippen LogP) is 7.50. The van der Waals surface area contributed by atoms with Crippen LogP contribution in [-0.2, 0) is 22.6 Å². The third kappa shape index (κ3) is 5.77. The normalized spacial score (nSPS) is 14.6. The Morgan fingerprint density at radius 3 is 2.47 bits per heavy atom. The van der Waals surface area contributed by atoms with Crippen LogP contribution in [-0.4, -0.2) is 24.0 Å². The molecule has 1 aliphatic heterocycles. The SMILES string of the molecule is CCc1ccccc1N1C(=O)/C(=C/c2cc(OC)c(OCc3ccc(Cl)c(Cl)c3)c(Br)c2Br)C(=O)NC1=S. The molecule has 4 rings (SSSR count). The number of aryl methyl sites for hydroxylation is 1. The largest absolute Gasteiger partial charge is 0.493 e. The van der Waals surface area contributed by atoms with Crippen molar-refractivity contribution in [3.8, 4) is 11.5 Å². The number of rotatable bonds is 7. The number of anilines is 1. The summed E-state index contributed by atoms with van der Waals surface area (Å²) in [6, 6.07) is 14.3. The van der Waals surface area contributed by atoms with Gasteiger partial charge in [0.2, 0.25) is 0 Å². The first-order valence-corrected chi connectivity index (χ1v) is 14.0. The van der Waals surface area contributed by atoms with E-state index in [2.05, 4.69) is 37.2 Å². The van der Waals surface area contributed by atoms with Crippen molar-refractivity contribution in [3.63, 3.8) is 0 Å². The van der Waals surface area contributed by atoms with Gasteiger partial charge in [-0.1, -0.05) is 54.4 Å². The minimum atomic E-state index is -0.591. The molecule has 1 fully saturated rings. The highest BCUT2D eigenvalue weighted by molar-refractivity contribution is 9.13. The Balaban J connectivity index is 1.70. The van der Waals surface area contributed by atoms with Crippen molar-refractivity contribution in [2.45, 2.75) is 20.0 Å². The molecule has 0 atom stereocenters. The van der Waals surface area contributed by atoms with Crippen molar-refractivity contribution in [2.24, 2.45) is 0 Å². The topological polar surface area (TPSA) is 67.9 Å². The van der Waals surface area contributed by atoms with E-state index in [1.54, 1.807) is 24.3 Å². The number of methoxy groups -OCH3 is 1.